The highest BCUT2D eigenvalue weighted by atomic mass is 16.3. The zero-order chi connectivity index (χ0) is 53.8. The van der Waals surface area contributed by atoms with Crippen LogP contribution in [-0.4, -0.2) is 33.6 Å². The number of para-hydroxylation sites is 7. The summed E-state index contributed by atoms with van der Waals surface area (Å²) in [4.78, 5) is 21.8. The van der Waals surface area contributed by atoms with Gasteiger partial charge >= 0.3 is 0 Å². The Labute approximate surface area is 469 Å². The fourth-order valence-corrected chi connectivity index (χ4v) is 12.8. The van der Waals surface area contributed by atoms with Gasteiger partial charge < -0.3 is 8.98 Å². The molecule has 6 heterocycles. The maximum Gasteiger partial charge on any atom is 0.165 e. The first kappa shape index (κ1) is 45.8. The van der Waals surface area contributed by atoms with Gasteiger partial charge in [0.05, 0.1) is 38.8 Å². The quantitative estimate of drug-likeness (QED) is 0.151. The second-order valence-electron chi connectivity index (χ2n) is 20.9. The lowest BCUT2D eigenvalue weighted by atomic mass is 9.90. The molecule has 82 heavy (non-hydrogen) atoms. The Balaban J connectivity index is 1.09. The topological polar surface area (TPSA) is 79.5 Å². The SMILES string of the molecule is c1ccc(-c2nc(-c3ccccc3)nc(-c3ccc(-c4c(-c5cccc6oc7ccccc7c56)c(-n5c6ccccc6c6ccccc65)nc(-n5c6ccccc6c6ccccc65)c4-n4c5ccccc5c5ccccc54)cc3)n2)cc1. The van der Waals surface area contributed by atoms with E-state index in [9.17, 15) is 0 Å². The Kier molecular flexibility index (Phi) is 10.1. The van der Waals surface area contributed by atoms with Gasteiger partial charge in [0.15, 0.2) is 23.3 Å². The smallest absolute Gasteiger partial charge is 0.165 e. The van der Waals surface area contributed by atoms with E-state index >= 15 is 0 Å². The highest BCUT2D eigenvalue weighted by Crippen LogP contribution is 2.51. The van der Waals surface area contributed by atoms with Crippen LogP contribution in [-0.2, 0) is 0 Å². The number of rotatable bonds is 8. The average Bonchev–Trinajstić information content (AvgIpc) is 2.83. The summed E-state index contributed by atoms with van der Waals surface area (Å²) in [5.41, 5.74) is 15.3. The lowest BCUT2D eigenvalue weighted by Gasteiger charge is -2.26. The number of aromatic nitrogens is 7. The van der Waals surface area contributed by atoms with E-state index < -0.39 is 0 Å². The number of nitrogens with zero attached hydrogens (tertiary/aromatic N) is 7. The van der Waals surface area contributed by atoms with E-state index in [4.69, 9.17) is 24.4 Å². The summed E-state index contributed by atoms with van der Waals surface area (Å²) in [6, 6.07) is 96.4. The molecule has 0 aliphatic heterocycles. The third-order valence-electron chi connectivity index (χ3n) is 16.3. The van der Waals surface area contributed by atoms with Crippen LogP contribution in [0.2, 0.25) is 0 Å². The van der Waals surface area contributed by atoms with Crippen molar-refractivity contribution < 1.29 is 4.42 Å². The molecule has 6 aromatic heterocycles. The zero-order valence-corrected chi connectivity index (χ0v) is 44.0. The molecule has 17 aromatic rings. The van der Waals surface area contributed by atoms with Crippen molar-refractivity contribution in [3.8, 4) is 73.7 Å². The Morgan fingerprint density at radius 2 is 0.598 bits per heavy atom. The predicted molar refractivity (Wildman–Crippen MR) is 335 cm³/mol. The molecule has 0 saturated carbocycles. The molecule has 0 saturated heterocycles. The molecule has 382 valence electrons. The molecule has 17 rings (SSSR count). The molecule has 0 atom stereocenters. The highest BCUT2D eigenvalue weighted by Gasteiger charge is 2.32. The average molecular weight is 1050 g/mol. The van der Waals surface area contributed by atoms with Crippen molar-refractivity contribution in [1.82, 2.24) is 33.6 Å². The summed E-state index contributed by atoms with van der Waals surface area (Å²) in [5, 5.41) is 8.85. The van der Waals surface area contributed by atoms with Crippen LogP contribution in [0.4, 0.5) is 0 Å². The first-order chi connectivity index (χ1) is 40.7. The fraction of sp³-hybridized carbons (Fsp3) is 0. The van der Waals surface area contributed by atoms with Crippen molar-refractivity contribution in [2.24, 2.45) is 0 Å². The summed E-state index contributed by atoms with van der Waals surface area (Å²) >= 11 is 0. The molecule has 0 spiro atoms. The van der Waals surface area contributed by atoms with E-state index in [1.165, 1.54) is 0 Å². The van der Waals surface area contributed by atoms with Gasteiger partial charge in [-0.15, -0.1) is 0 Å². The Morgan fingerprint density at radius 3 is 1.06 bits per heavy atom. The zero-order valence-electron chi connectivity index (χ0n) is 44.0. The van der Waals surface area contributed by atoms with Crippen LogP contribution in [0.25, 0.3) is 161 Å². The minimum atomic E-state index is 0.573. The van der Waals surface area contributed by atoms with Crippen LogP contribution >= 0.6 is 0 Å². The number of hydrogen-bond donors (Lipinski definition) is 0. The highest BCUT2D eigenvalue weighted by molar-refractivity contribution is 6.18. The van der Waals surface area contributed by atoms with E-state index in [0.717, 1.165) is 144 Å². The van der Waals surface area contributed by atoms with E-state index in [1.54, 1.807) is 0 Å². The molecule has 0 amide bonds. The molecule has 0 unspecified atom stereocenters. The van der Waals surface area contributed by atoms with Crippen LogP contribution in [0.3, 0.4) is 0 Å². The molecule has 0 N–H and O–H groups in total. The molecule has 8 heteroatoms. The van der Waals surface area contributed by atoms with Crippen LogP contribution < -0.4 is 0 Å². The number of furan rings is 1. The van der Waals surface area contributed by atoms with Gasteiger partial charge in [0, 0.05) is 70.9 Å². The molecule has 11 aromatic carbocycles. The van der Waals surface area contributed by atoms with E-state index in [1.807, 2.05) is 66.7 Å². The maximum atomic E-state index is 6.82. The van der Waals surface area contributed by atoms with E-state index in [0.29, 0.717) is 17.5 Å². The van der Waals surface area contributed by atoms with Gasteiger partial charge in [-0.1, -0.05) is 224 Å². The second-order valence-corrected chi connectivity index (χ2v) is 20.9. The number of fused-ring (bicyclic) bond motifs is 12. The number of benzene rings is 11. The second kappa shape index (κ2) is 18.2. The summed E-state index contributed by atoms with van der Waals surface area (Å²) in [7, 11) is 0. The summed E-state index contributed by atoms with van der Waals surface area (Å²) in [6.45, 7) is 0. The van der Waals surface area contributed by atoms with Crippen molar-refractivity contribution in [2.75, 3.05) is 0 Å². The van der Waals surface area contributed by atoms with Crippen molar-refractivity contribution >= 4 is 87.4 Å². The van der Waals surface area contributed by atoms with Crippen LogP contribution in [0.15, 0.2) is 277 Å². The maximum absolute atomic E-state index is 6.82. The summed E-state index contributed by atoms with van der Waals surface area (Å²) < 4.78 is 14.1. The van der Waals surface area contributed by atoms with Crippen LogP contribution in [0, 0.1) is 0 Å². The minimum Gasteiger partial charge on any atom is -0.456 e. The van der Waals surface area contributed by atoms with Gasteiger partial charge in [0.25, 0.3) is 0 Å². The largest absolute Gasteiger partial charge is 0.456 e. The first-order valence-corrected chi connectivity index (χ1v) is 27.6. The standard InChI is InChI=1S/C74H45N7O/c1-3-22-47(23-4-1)70-75-71(48-24-5-2-6-25-48)77-72(76-70)49-44-42-46(43-45-49)66-68(57-33-21-41-65-67(57)56-32-13-20-40-64(56)82-65)73(80-60-36-16-9-28-52(60)53-29-10-17-37-61(53)80)78-74(81-62-38-18-11-30-54(62)55-31-12-19-39-63(55)81)69(66)79-58-34-14-7-26-50(58)51-27-8-15-35-59(51)79/h1-45H. The number of pyridine rings is 1. The van der Waals surface area contributed by atoms with Crippen molar-refractivity contribution in [3.05, 3.63) is 273 Å². The molecule has 0 radical (unpaired) electrons. The van der Waals surface area contributed by atoms with Crippen LogP contribution in [0.1, 0.15) is 0 Å². The lowest BCUT2D eigenvalue weighted by molar-refractivity contribution is 0.669. The first-order valence-electron chi connectivity index (χ1n) is 27.6. The van der Waals surface area contributed by atoms with Gasteiger partial charge in [-0.25, -0.2) is 19.9 Å². The normalized spacial score (nSPS) is 11.9. The predicted octanol–water partition coefficient (Wildman–Crippen LogP) is 18.8. The van der Waals surface area contributed by atoms with E-state index in [-0.39, 0.29) is 0 Å². The third-order valence-corrected chi connectivity index (χ3v) is 16.3. The van der Waals surface area contributed by atoms with Crippen molar-refractivity contribution in [3.63, 3.8) is 0 Å². The summed E-state index contributed by atoms with van der Waals surface area (Å²) in [5.74, 6) is 3.32. The van der Waals surface area contributed by atoms with Crippen LogP contribution in [0.5, 0.6) is 0 Å². The van der Waals surface area contributed by atoms with Crippen molar-refractivity contribution in [1.29, 1.82) is 0 Å². The van der Waals surface area contributed by atoms with Gasteiger partial charge in [0.1, 0.15) is 17.0 Å². The Hall–Kier alpha value is -11.2. The van der Waals surface area contributed by atoms with Gasteiger partial charge in [-0.05, 0) is 59.7 Å². The van der Waals surface area contributed by atoms with E-state index in [2.05, 4.69) is 220 Å². The fourth-order valence-electron chi connectivity index (χ4n) is 12.8. The third kappa shape index (κ3) is 6.91. The van der Waals surface area contributed by atoms with Gasteiger partial charge in [0.2, 0.25) is 0 Å². The van der Waals surface area contributed by atoms with Gasteiger partial charge in [-0.3, -0.25) is 9.13 Å². The molecule has 0 aliphatic rings. The minimum absolute atomic E-state index is 0.573. The lowest BCUT2D eigenvalue weighted by Crippen LogP contribution is -2.13. The van der Waals surface area contributed by atoms with Gasteiger partial charge in [-0.2, -0.15) is 0 Å². The monoisotopic (exact) mass is 1050 g/mol. The molecular weight excluding hydrogens is 1000 g/mol. The molecule has 0 bridgehead atoms. The van der Waals surface area contributed by atoms with Crippen molar-refractivity contribution in [2.45, 2.75) is 0 Å². The molecule has 0 aliphatic carbocycles. The molecule has 8 nitrogen and oxygen atoms in total. The number of hydrogen-bond acceptors (Lipinski definition) is 5. The summed E-state index contributed by atoms with van der Waals surface area (Å²) in [6.07, 6.45) is 0. The molecule has 0 fully saturated rings. The Bertz CT molecular complexity index is 5180. The Morgan fingerprint density at radius 1 is 0.244 bits per heavy atom. The molecular formula is C74H45N7O.